The fraction of sp³-hybridized carbons (Fsp3) is 0.333. The number of imidazole rings is 1. The van der Waals surface area contributed by atoms with Crippen molar-refractivity contribution in [1.29, 1.82) is 0 Å². The zero-order valence-corrected chi connectivity index (χ0v) is 16.7. The van der Waals surface area contributed by atoms with Crippen molar-refractivity contribution in [2.75, 3.05) is 11.1 Å². The minimum Gasteiger partial charge on any atom is -0.325 e. The van der Waals surface area contributed by atoms with Crippen LogP contribution in [0.15, 0.2) is 32.9 Å². The van der Waals surface area contributed by atoms with Gasteiger partial charge in [-0.05, 0) is 37.1 Å². The molecule has 142 valence electrons. The Hall–Kier alpha value is -2.81. The lowest BCUT2D eigenvalue weighted by atomic mass is 10.1. The molecule has 3 rings (SSSR count). The highest BCUT2D eigenvalue weighted by atomic mass is 32.2. The van der Waals surface area contributed by atoms with E-state index in [9.17, 15) is 14.4 Å². The molecule has 0 radical (unpaired) electrons. The summed E-state index contributed by atoms with van der Waals surface area (Å²) in [5, 5.41) is 3.37. The fourth-order valence-corrected chi connectivity index (χ4v) is 3.83. The third-order valence-corrected chi connectivity index (χ3v) is 5.29. The Kier molecular flexibility index (Phi) is 4.97. The van der Waals surface area contributed by atoms with Crippen LogP contribution < -0.4 is 16.6 Å². The zero-order valence-electron chi connectivity index (χ0n) is 15.9. The van der Waals surface area contributed by atoms with Crippen LogP contribution in [0.1, 0.15) is 11.1 Å². The molecule has 0 saturated heterocycles. The Morgan fingerprint density at radius 3 is 2.30 bits per heavy atom. The van der Waals surface area contributed by atoms with Crippen molar-refractivity contribution in [2.24, 2.45) is 21.1 Å². The molecule has 0 aliphatic heterocycles. The number of benzene rings is 1. The van der Waals surface area contributed by atoms with E-state index >= 15 is 0 Å². The van der Waals surface area contributed by atoms with Gasteiger partial charge in [-0.2, -0.15) is 0 Å². The van der Waals surface area contributed by atoms with Crippen molar-refractivity contribution in [2.45, 2.75) is 19.0 Å². The normalized spacial score (nSPS) is 11.1. The second-order valence-electron chi connectivity index (χ2n) is 6.54. The maximum atomic E-state index is 12.3. The van der Waals surface area contributed by atoms with E-state index < -0.39 is 11.2 Å². The van der Waals surface area contributed by atoms with Gasteiger partial charge >= 0.3 is 5.69 Å². The summed E-state index contributed by atoms with van der Waals surface area (Å²) in [7, 11) is 4.73. The zero-order chi connectivity index (χ0) is 19.9. The number of rotatable bonds is 4. The van der Waals surface area contributed by atoms with Crippen LogP contribution in [0.3, 0.4) is 0 Å². The summed E-state index contributed by atoms with van der Waals surface area (Å²) < 4.78 is 4.06. The standard InChI is InChI=1S/C18H21N5O3S/c1-10-6-11(2)8-12(7-10)19-13(24)9-27-17-20-14-15(21(17)3)22(4)18(26)23(5)16(14)25/h6-8H,9H2,1-5H3,(H,19,24). The predicted molar refractivity (Wildman–Crippen MR) is 106 cm³/mol. The largest absolute Gasteiger partial charge is 0.332 e. The first-order valence-electron chi connectivity index (χ1n) is 8.32. The molecule has 0 bridgehead atoms. The molecule has 3 aromatic rings. The summed E-state index contributed by atoms with van der Waals surface area (Å²) in [5.41, 5.74) is 2.67. The summed E-state index contributed by atoms with van der Waals surface area (Å²) in [4.78, 5) is 41.0. The van der Waals surface area contributed by atoms with E-state index in [0.717, 1.165) is 21.4 Å². The van der Waals surface area contributed by atoms with E-state index in [0.29, 0.717) is 10.8 Å². The number of nitrogens with one attached hydrogen (secondary N) is 1. The molecule has 2 aromatic heterocycles. The van der Waals surface area contributed by atoms with Crippen LogP contribution in [-0.2, 0) is 25.9 Å². The molecule has 1 N–H and O–H groups in total. The minimum atomic E-state index is -0.449. The van der Waals surface area contributed by atoms with E-state index in [2.05, 4.69) is 10.3 Å². The highest BCUT2D eigenvalue weighted by Gasteiger charge is 2.18. The average molecular weight is 387 g/mol. The topological polar surface area (TPSA) is 90.9 Å². The number of anilines is 1. The highest BCUT2D eigenvalue weighted by Crippen LogP contribution is 2.21. The average Bonchev–Trinajstić information content (AvgIpc) is 2.92. The molecule has 0 saturated carbocycles. The lowest BCUT2D eigenvalue weighted by Gasteiger charge is -2.08. The third kappa shape index (κ3) is 3.55. The molecule has 0 fully saturated rings. The lowest BCUT2D eigenvalue weighted by Crippen LogP contribution is -2.37. The first kappa shape index (κ1) is 19.0. The van der Waals surface area contributed by atoms with Gasteiger partial charge in [0.05, 0.1) is 5.75 Å². The van der Waals surface area contributed by atoms with Crippen molar-refractivity contribution in [3.05, 3.63) is 50.2 Å². The summed E-state index contributed by atoms with van der Waals surface area (Å²) in [5.74, 6) is -0.0304. The number of aromatic nitrogens is 4. The monoisotopic (exact) mass is 387 g/mol. The molecular weight excluding hydrogens is 366 g/mol. The number of nitrogens with zero attached hydrogens (tertiary/aromatic N) is 4. The molecular formula is C18H21N5O3S. The first-order valence-corrected chi connectivity index (χ1v) is 9.31. The number of amides is 1. The summed E-state index contributed by atoms with van der Waals surface area (Å²) >= 11 is 1.21. The van der Waals surface area contributed by atoms with E-state index in [1.807, 2.05) is 32.0 Å². The van der Waals surface area contributed by atoms with Gasteiger partial charge in [0.2, 0.25) is 5.91 Å². The van der Waals surface area contributed by atoms with Gasteiger partial charge in [0.1, 0.15) is 0 Å². The van der Waals surface area contributed by atoms with Crippen LogP contribution in [0.4, 0.5) is 5.69 Å². The maximum Gasteiger partial charge on any atom is 0.332 e. The third-order valence-electron chi connectivity index (χ3n) is 4.26. The molecule has 8 nitrogen and oxygen atoms in total. The minimum absolute atomic E-state index is 0.137. The smallest absolute Gasteiger partial charge is 0.325 e. The van der Waals surface area contributed by atoms with Crippen LogP contribution in [0.25, 0.3) is 11.2 Å². The number of thioether (sulfide) groups is 1. The first-order chi connectivity index (χ1) is 12.7. The Bertz CT molecular complexity index is 1150. The molecule has 2 heterocycles. The van der Waals surface area contributed by atoms with Crippen molar-refractivity contribution in [3.63, 3.8) is 0 Å². The molecule has 0 spiro atoms. The van der Waals surface area contributed by atoms with Gasteiger partial charge in [0.25, 0.3) is 5.56 Å². The van der Waals surface area contributed by atoms with Crippen LogP contribution >= 0.6 is 11.8 Å². The molecule has 1 aromatic carbocycles. The SMILES string of the molecule is Cc1cc(C)cc(NC(=O)CSc2nc3c(=O)n(C)c(=O)n(C)c3n2C)c1. The van der Waals surface area contributed by atoms with Gasteiger partial charge in [-0.15, -0.1) is 0 Å². The van der Waals surface area contributed by atoms with Gasteiger partial charge in [-0.3, -0.25) is 18.7 Å². The van der Waals surface area contributed by atoms with Gasteiger partial charge < -0.3 is 9.88 Å². The Labute approximate surface area is 159 Å². The van der Waals surface area contributed by atoms with Crippen LogP contribution in [0, 0.1) is 13.8 Å². The molecule has 9 heteroatoms. The Balaban J connectivity index is 1.83. The van der Waals surface area contributed by atoms with Crippen molar-refractivity contribution < 1.29 is 4.79 Å². The quantitative estimate of drug-likeness (QED) is 0.682. The van der Waals surface area contributed by atoms with Gasteiger partial charge in [0.15, 0.2) is 16.3 Å². The van der Waals surface area contributed by atoms with E-state index in [4.69, 9.17) is 0 Å². The maximum absolute atomic E-state index is 12.3. The Morgan fingerprint density at radius 1 is 1.04 bits per heavy atom. The molecule has 0 aliphatic rings. The molecule has 0 aliphatic carbocycles. The summed E-state index contributed by atoms with van der Waals surface area (Å²) in [6, 6.07) is 5.85. The number of carbonyl (C=O) groups is 1. The summed E-state index contributed by atoms with van der Waals surface area (Å²) in [6.07, 6.45) is 0. The van der Waals surface area contributed by atoms with E-state index in [1.165, 1.54) is 23.4 Å². The van der Waals surface area contributed by atoms with Crippen LogP contribution in [0.5, 0.6) is 0 Å². The molecule has 0 unspecified atom stereocenters. The second kappa shape index (κ2) is 7.07. The van der Waals surface area contributed by atoms with Gasteiger partial charge in [0, 0.05) is 26.8 Å². The number of carbonyl (C=O) groups excluding carboxylic acids is 1. The fourth-order valence-electron chi connectivity index (χ4n) is 3.06. The number of aryl methyl sites for hydroxylation is 4. The number of hydrogen-bond donors (Lipinski definition) is 1. The van der Waals surface area contributed by atoms with Crippen LogP contribution in [0.2, 0.25) is 0 Å². The van der Waals surface area contributed by atoms with Crippen molar-refractivity contribution in [1.82, 2.24) is 18.7 Å². The second-order valence-corrected chi connectivity index (χ2v) is 7.49. The van der Waals surface area contributed by atoms with Gasteiger partial charge in [-0.25, -0.2) is 9.78 Å². The predicted octanol–water partition coefficient (Wildman–Crippen LogP) is 1.32. The number of hydrogen-bond acceptors (Lipinski definition) is 5. The molecule has 1 amide bonds. The number of fused-ring (bicyclic) bond motifs is 1. The van der Waals surface area contributed by atoms with Gasteiger partial charge in [-0.1, -0.05) is 17.8 Å². The summed E-state index contributed by atoms with van der Waals surface area (Å²) in [6.45, 7) is 3.95. The molecule has 27 heavy (non-hydrogen) atoms. The van der Waals surface area contributed by atoms with Crippen molar-refractivity contribution in [3.8, 4) is 0 Å². The van der Waals surface area contributed by atoms with E-state index in [-0.39, 0.29) is 17.2 Å². The van der Waals surface area contributed by atoms with Crippen LogP contribution in [-0.4, -0.2) is 30.3 Å². The van der Waals surface area contributed by atoms with E-state index in [1.54, 1.807) is 18.7 Å². The van der Waals surface area contributed by atoms with Crippen molar-refractivity contribution >= 4 is 34.5 Å². The lowest BCUT2D eigenvalue weighted by molar-refractivity contribution is -0.113. The Morgan fingerprint density at radius 2 is 1.67 bits per heavy atom. The highest BCUT2D eigenvalue weighted by molar-refractivity contribution is 7.99. The molecule has 0 atom stereocenters.